The van der Waals surface area contributed by atoms with Crippen molar-refractivity contribution in [3.05, 3.63) is 57.5 Å². The highest BCUT2D eigenvalue weighted by molar-refractivity contribution is 5.94. The molecule has 1 unspecified atom stereocenters. The van der Waals surface area contributed by atoms with Crippen molar-refractivity contribution >= 4 is 5.91 Å². The second-order valence-electron chi connectivity index (χ2n) is 5.56. The second-order valence-corrected chi connectivity index (χ2v) is 5.56. The van der Waals surface area contributed by atoms with Crippen LogP contribution < -0.4 is 5.56 Å². The monoisotopic (exact) mass is 298 g/mol. The van der Waals surface area contributed by atoms with Crippen LogP contribution >= 0.6 is 0 Å². The average molecular weight is 298 g/mol. The first-order chi connectivity index (χ1) is 10.6. The Morgan fingerprint density at radius 1 is 1.41 bits per heavy atom. The highest BCUT2D eigenvalue weighted by atomic mass is 16.2. The van der Waals surface area contributed by atoms with Crippen LogP contribution in [0.5, 0.6) is 0 Å². The molecule has 2 aromatic heterocycles. The molecule has 3 rings (SSSR count). The molecule has 6 heteroatoms. The van der Waals surface area contributed by atoms with E-state index in [1.165, 1.54) is 0 Å². The van der Waals surface area contributed by atoms with Gasteiger partial charge in [0.1, 0.15) is 5.82 Å². The number of amides is 1. The number of aryl methyl sites for hydroxylation is 1. The largest absolute Gasteiger partial charge is 0.328 e. The van der Waals surface area contributed by atoms with E-state index in [0.29, 0.717) is 29.2 Å². The van der Waals surface area contributed by atoms with Crippen molar-refractivity contribution in [3.63, 3.8) is 0 Å². The number of aromatic nitrogens is 3. The molecule has 0 saturated carbocycles. The van der Waals surface area contributed by atoms with E-state index in [2.05, 4.69) is 15.0 Å². The third-order valence-corrected chi connectivity index (χ3v) is 4.15. The molecule has 0 aromatic carbocycles. The van der Waals surface area contributed by atoms with E-state index in [9.17, 15) is 9.59 Å². The minimum Gasteiger partial charge on any atom is -0.328 e. The first kappa shape index (κ1) is 14.4. The Hall–Kier alpha value is -2.50. The fourth-order valence-electron chi connectivity index (χ4n) is 2.77. The van der Waals surface area contributed by atoms with E-state index in [1.54, 1.807) is 36.4 Å². The number of rotatable bonds is 2. The topological polar surface area (TPSA) is 79.0 Å². The van der Waals surface area contributed by atoms with Crippen LogP contribution in [-0.4, -0.2) is 32.3 Å². The summed E-state index contributed by atoms with van der Waals surface area (Å²) in [7, 11) is 0. The zero-order valence-corrected chi connectivity index (χ0v) is 12.7. The zero-order chi connectivity index (χ0) is 15.7. The molecule has 1 N–H and O–H groups in total. The van der Waals surface area contributed by atoms with Crippen molar-refractivity contribution in [2.45, 2.75) is 32.7 Å². The Kier molecular flexibility index (Phi) is 3.75. The van der Waals surface area contributed by atoms with Gasteiger partial charge in [-0.25, -0.2) is 4.98 Å². The highest BCUT2D eigenvalue weighted by Gasteiger charge is 2.32. The van der Waals surface area contributed by atoms with E-state index in [0.717, 1.165) is 12.8 Å². The molecule has 0 bridgehead atoms. The van der Waals surface area contributed by atoms with Gasteiger partial charge in [0.25, 0.3) is 11.5 Å². The van der Waals surface area contributed by atoms with Gasteiger partial charge in [-0.3, -0.25) is 14.6 Å². The van der Waals surface area contributed by atoms with E-state index in [4.69, 9.17) is 0 Å². The van der Waals surface area contributed by atoms with Crippen molar-refractivity contribution in [3.8, 4) is 0 Å². The van der Waals surface area contributed by atoms with Gasteiger partial charge >= 0.3 is 0 Å². The number of nitrogens with zero attached hydrogens (tertiary/aromatic N) is 3. The van der Waals surface area contributed by atoms with Gasteiger partial charge in [-0.1, -0.05) is 0 Å². The molecule has 1 aliphatic rings. The average Bonchev–Trinajstić information content (AvgIpc) is 3.01. The normalized spacial score (nSPS) is 17.7. The molecule has 0 aliphatic carbocycles. The molecule has 22 heavy (non-hydrogen) atoms. The lowest BCUT2D eigenvalue weighted by Crippen LogP contribution is -2.33. The molecular formula is C16H18N4O2. The first-order valence-corrected chi connectivity index (χ1v) is 7.36. The Labute approximate surface area is 128 Å². The predicted molar refractivity (Wildman–Crippen MR) is 81.6 cm³/mol. The summed E-state index contributed by atoms with van der Waals surface area (Å²) in [6.07, 6.45) is 4.90. The van der Waals surface area contributed by atoms with Gasteiger partial charge in [0.05, 0.1) is 11.6 Å². The standard InChI is InChI=1S/C16H18N4O2/c1-10-11(2)18-14(19-15(10)21)13-6-4-8-20(13)16(22)12-5-3-7-17-9-12/h3,5,7,9,13H,4,6,8H2,1-2H3,(H,18,19,21). The van der Waals surface area contributed by atoms with Crippen molar-refractivity contribution in [2.24, 2.45) is 0 Å². The molecule has 1 saturated heterocycles. The van der Waals surface area contributed by atoms with Gasteiger partial charge in [-0.05, 0) is 38.8 Å². The third-order valence-electron chi connectivity index (χ3n) is 4.15. The van der Waals surface area contributed by atoms with Gasteiger partial charge in [0, 0.05) is 30.2 Å². The smallest absolute Gasteiger partial charge is 0.256 e. The molecule has 1 atom stereocenters. The van der Waals surface area contributed by atoms with Crippen LogP contribution in [0.25, 0.3) is 0 Å². The lowest BCUT2D eigenvalue weighted by atomic mass is 10.1. The van der Waals surface area contributed by atoms with Gasteiger partial charge in [0.15, 0.2) is 0 Å². The number of carbonyl (C=O) groups is 1. The van der Waals surface area contributed by atoms with Crippen LogP contribution in [0.4, 0.5) is 0 Å². The van der Waals surface area contributed by atoms with Gasteiger partial charge in [-0.15, -0.1) is 0 Å². The van der Waals surface area contributed by atoms with Crippen LogP contribution in [0.2, 0.25) is 0 Å². The number of aromatic amines is 1. The predicted octanol–water partition coefficient (Wildman–Crippen LogP) is 1.76. The second kappa shape index (κ2) is 5.71. The first-order valence-electron chi connectivity index (χ1n) is 7.36. The molecule has 1 aliphatic heterocycles. The van der Waals surface area contributed by atoms with Crippen LogP contribution in [0.15, 0.2) is 29.3 Å². The maximum atomic E-state index is 12.6. The molecule has 1 fully saturated rings. The number of likely N-dealkylation sites (tertiary alicyclic amines) is 1. The van der Waals surface area contributed by atoms with Crippen LogP contribution in [0.3, 0.4) is 0 Å². The third kappa shape index (κ3) is 2.52. The SMILES string of the molecule is Cc1nc(C2CCCN2C(=O)c2cccnc2)[nH]c(=O)c1C. The molecule has 0 spiro atoms. The summed E-state index contributed by atoms with van der Waals surface area (Å²) in [4.78, 5) is 37.6. The fraction of sp³-hybridized carbons (Fsp3) is 0.375. The fourth-order valence-corrected chi connectivity index (χ4v) is 2.77. The molecule has 2 aromatic rings. The van der Waals surface area contributed by atoms with E-state index < -0.39 is 0 Å². The molecular weight excluding hydrogens is 280 g/mol. The van der Waals surface area contributed by atoms with E-state index >= 15 is 0 Å². The zero-order valence-electron chi connectivity index (χ0n) is 12.7. The minimum absolute atomic E-state index is 0.0727. The van der Waals surface area contributed by atoms with E-state index in [-0.39, 0.29) is 17.5 Å². The lowest BCUT2D eigenvalue weighted by molar-refractivity contribution is 0.0729. The number of nitrogens with one attached hydrogen (secondary N) is 1. The summed E-state index contributed by atoms with van der Waals surface area (Å²) in [5.41, 5.74) is 1.75. The van der Waals surface area contributed by atoms with Gasteiger partial charge in [-0.2, -0.15) is 0 Å². The summed E-state index contributed by atoms with van der Waals surface area (Å²) < 4.78 is 0. The van der Waals surface area contributed by atoms with Gasteiger partial charge < -0.3 is 9.88 Å². The van der Waals surface area contributed by atoms with Crippen molar-refractivity contribution in [1.82, 2.24) is 19.9 Å². The number of carbonyl (C=O) groups excluding carboxylic acids is 1. The Morgan fingerprint density at radius 2 is 2.23 bits per heavy atom. The Bertz CT molecular complexity index is 754. The van der Waals surface area contributed by atoms with Crippen molar-refractivity contribution in [2.75, 3.05) is 6.54 Å². The number of hydrogen-bond acceptors (Lipinski definition) is 4. The van der Waals surface area contributed by atoms with Crippen LogP contribution in [-0.2, 0) is 0 Å². The summed E-state index contributed by atoms with van der Waals surface area (Å²) >= 11 is 0. The number of hydrogen-bond donors (Lipinski definition) is 1. The van der Waals surface area contributed by atoms with Crippen LogP contribution in [0, 0.1) is 13.8 Å². The molecule has 0 radical (unpaired) electrons. The maximum Gasteiger partial charge on any atom is 0.256 e. The van der Waals surface area contributed by atoms with E-state index in [1.807, 2.05) is 6.92 Å². The Morgan fingerprint density at radius 3 is 2.91 bits per heavy atom. The number of pyridine rings is 1. The quantitative estimate of drug-likeness (QED) is 0.916. The Balaban J connectivity index is 1.94. The van der Waals surface area contributed by atoms with Crippen molar-refractivity contribution < 1.29 is 4.79 Å². The lowest BCUT2D eigenvalue weighted by Gasteiger charge is -2.24. The summed E-state index contributed by atoms with van der Waals surface area (Å²) in [6.45, 7) is 4.23. The van der Waals surface area contributed by atoms with Crippen LogP contribution in [0.1, 0.15) is 46.3 Å². The van der Waals surface area contributed by atoms with Crippen molar-refractivity contribution in [1.29, 1.82) is 0 Å². The highest BCUT2D eigenvalue weighted by Crippen LogP contribution is 2.30. The number of H-pyrrole nitrogens is 1. The maximum absolute atomic E-state index is 12.6. The minimum atomic E-state index is -0.181. The summed E-state index contributed by atoms with van der Waals surface area (Å²) in [6, 6.07) is 3.31. The molecule has 6 nitrogen and oxygen atoms in total. The molecule has 114 valence electrons. The summed E-state index contributed by atoms with van der Waals surface area (Å²) in [5, 5.41) is 0. The molecule has 3 heterocycles. The van der Waals surface area contributed by atoms with Gasteiger partial charge in [0.2, 0.25) is 0 Å². The molecule has 1 amide bonds. The summed E-state index contributed by atoms with van der Waals surface area (Å²) in [5.74, 6) is 0.499.